The van der Waals surface area contributed by atoms with E-state index in [-0.39, 0.29) is 23.5 Å². The van der Waals surface area contributed by atoms with Gasteiger partial charge in [-0.05, 0) is 18.9 Å². The fourth-order valence-corrected chi connectivity index (χ4v) is 3.65. The van der Waals surface area contributed by atoms with Crippen LogP contribution in [0.5, 0.6) is 0 Å². The summed E-state index contributed by atoms with van der Waals surface area (Å²) in [7, 11) is 0. The highest BCUT2D eigenvalue weighted by Gasteiger charge is 2.20. The molecule has 1 aromatic heterocycles. The van der Waals surface area contributed by atoms with Crippen molar-refractivity contribution in [2.24, 2.45) is 0 Å². The first-order valence-corrected chi connectivity index (χ1v) is 9.42. The molecule has 1 heterocycles. The normalized spacial score (nSPS) is 11.8. The van der Waals surface area contributed by atoms with Gasteiger partial charge in [-0.25, -0.2) is 0 Å². The van der Waals surface area contributed by atoms with Crippen LogP contribution in [0.1, 0.15) is 31.7 Å². The first-order valence-electron chi connectivity index (χ1n) is 7.61. The van der Waals surface area contributed by atoms with E-state index in [9.17, 15) is 9.59 Å². The smallest absolute Gasteiger partial charge is 0.316 e. The molecule has 0 aliphatic carbocycles. The van der Waals surface area contributed by atoms with Crippen LogP contribution >= 0.6 is 23.1 Å². The van der Waals surface area contributed by atoms with Crippen molar-refractivity contribution in [2.45, 2.75) is 30.5 Å². The Labute approximate surface area is 149 Å². The fourth-order valence-electron chi connectivity index (χ4n) is 2.09. The Morgan fingerprint density at radius 3 is 2.67 bits per heavy atom. The molecule has 8 heteroatoms. The van der Waals surface area contributed by atoms with E-state index in [1.54, 1.807) is 6.92 Å². The molecule has 0 saturated heterocycles. The Bertz CT molecular complexity index is 676. The number of thioether (sulfide) groups is 1. The lowest BCUT2D eigenvalue weighted by atomic mass is 9.96. The average Bonchev–Trinajstić information content (AvgIpc) is 3.02. The fraction of sp³-hybridized carbons (Fsp3) is 0.375. The van der Waals surface area contributed by atoms with Gasteiger partial charge in [0.15, 0.2) is 4.34 Å². The molecule has 1 aromatic carbocycles. The first-order chi connectivity index (χ1) is 11.6. The third-order valence-corrected chi connectivity index (χ3v) is 5.13. The molecule has 24 heavy (non-hydrogen) atoms. The van der Waals surface area contributed by atoms with Crippen molar-refractivity contribution in [1.29, 1.82) is 0 Å². The molecule has 0 unspecified atom stereocenters. The lowest BCUT2D eigenvalue weighted by molar-refractivity contribution is -0.139. The molecule has 1 amide bonds. The maximum atomic E-state index is 12.5. The van der Waals surface area contributed by atoms with Crippen molar-refractivity contribution in [2.75, 3.05) is 17.7 Å². The number of hydrogen-bond acceptors (Lipinski definition) is 7. The maximum absolute atomic E-state index is 12.5. The Kier molecular flexibility index (Phi) is 7.20. The minimum absolute atomic E-state index is 0.109. The molecule has 0 spiro atoms. The van der Waals surface area contributed by atoms with E-state index in [2.05, 4.69) is 15.5 Å². The zero-order valence-electron chi connectivity index (χ0n) is 13.5. The van der Waals surface area contributed by atoms with Gasteiger partial charge in [0.05, 0.1) is 18.3 Å². The lowest BCUT2D eigenvalue weighted by Crippen LogP contribution is -2.20. The molecule has 0 fully saturated rings. The van der Waals surface area contributed by atoms with Gasteiger partial charge in [-0.1, -0.05) is 60.4 Å². The van der Waals surface area contributed by atoms with Gasteiger partial charge in [-0.15, -0.1) is 10.2 Å². The molecular formula is C16H19N3O3S2. The summed E-state index contributed by atoms with van der Waals surface area (Å²) in [5.74, 6) is -0.455. The van der Waals surface area contributed by atoms with Gasteiger partial charge in [-0.3, -0.25) is 14.9 Å². The SMILES string of the molecule is CCOC(=O)CSc1nnc(NC(=O)[C@@H](CC)c2ccccc2)s1. The van der Waals surface area contributed by atoms with Crippen LogP contribution in [0.3, 0.4) is 0 Å². The largest absolute Gasteiger partial charge is 0.465 e. The molecular weight excluding hydrogens is 346 g/mol. The summed E-state index contributed by atoms with van der Waals surface area (Å²) in [6, 6.07) is 9.63. The van der Waals surface area contributed by atoms with E-state index in [0.29, 0.717) is 22.5 Å². The molecule has 0 bridgehead atoms. The Hall–Kier alpha value is -1.93. The number of rotatable bonds is 8. The second-order valence-electron chi connectivity index (χ2n) is 4.83. The molecule has 0 saturated carbocycles. The highest BCUT2D eigenvalue weighted by Crippen LogP contribution is 2.27. The Morgan fingerprint density at radius 1 is 1.25 bits per heavy atom. The van der Waals surface area contributed by atoms with Gasteiger partial charge >= 0.3 is 5.97 Å². The number of carbonyl (C=O) groups is 2. The van der Waals surface area contributed by atoms with Crippen molar-refractivity contribution in [3.05, 3.63) is 35.9 Å². The van der Waals surface area contributed by atoms with Crippen molar-refractivity contribution < 1.29 is 14.3 Å². The van der Waals surface area contributed by atoms with E-state index >= 15 is 0 Å². The summed E-state index contributed by atoms with van der Waals surface area (Å²) < 4.78 is 5.47. The van der Waals surface area contributed by atoms with Crippen LogP contribution in [0, 0.1) is 0 Å². The molecule has 2 rings (SSSR count). The van der Waals surface area contributed by atoms with Crippen molar-refractivity contribution >= 4 is 40.1 Å². The number of hydrogen-bond donors (Lipinski definition) is 1. The summed E-state index contributed by atoms with van der Waals surface area (Å²) in [6.45, 7) is 4.09. The number of carbonyl (C=O) groups excluding carboxylic acids is 2. The number of ether oxygens (including phenoxy) is 1. The monoisotopic (exact) mass is 365 g/mol. The Balaban J connectivity index is 1.93. The van der Waals surface area contributed by atoms with Crippen LogP contribution in [0.4, 0.5) is 5.13 Å². The maximum Gasteiger partial charge on any atom is 0.316 e. The van der Waals surface area contributed by atoms with E-state index in [0.717, 1.165) is 5.56 Å². The predicted octanol–water partition coefficient (Wildman–Crippen LogP) is 3.33. The van der Waals surface area contributed by atoms with Crippen LogP contribution in [-0.2, 0) is 14.3 Å². The number of aromatic nitrogens is 2. The van der Waals surface area contributed by atoms with E-state index in [1.807, 2.05) is 37.3 Å². The summed E-state index contributed by atoms with van der Waals surface area (Å²) in [6.07, 6.45) is 0.694. The number of nitrogens with one attached hydrogen (secondary N) is 1. The van der Waals surface area contributed by atoms with Gasteiger partial charge in [-0.2, -0.15) is 0 Å². The van der Waals surface area contributed by atoms with Crippen LogP contribution < -0.4 is 5.32 Å². The van der Waals surface area contributed by atoms with E-state index < -0.39 is 0 Å². The third-order valence-electron chi connectivity index (χ3n) is 3.18. The Morgan fingerprint density at radius 2 is 2.00 bits per heavy atom. The minimum Gasteiger partial charge on any atom is -0.465 e. The quantitative estimate of drug-likeness (QED) is 0.439. The molecule has 6 nitrogen and oxygen atoms in total. The number of anilines is 1. The number of benzene rings is 1. The molecule has 0 aliphatic heterocycles. The second kappa shape index (κ2) is 9.39. The second-order valence-corrected chi connectivity index (χ2v) is 7.03. The molecule has 0 aliphatic rings. The van der Waals surface area contributed by atoms with Crippen LogP contribution in [0.2, 0.25) is 0 Å². The van der Waals surface area contributed by atoms with Crippen molar-refractivity contribution in [1.82, 2.24) is 10.2 Å². The third kappa shape index (κ3) is 5.31. The van der Waals surface area contributed by atoms with Crippen LogP contribution in [-0.4, -0.2) is 34.4 Å². The highest BCUT2D eigenvalue weighted by atomic mass is 32.2. The van der Waals surface area contributed by atoms with Crippen LogP contribution in [0.25, 0.3) is 0 Å². The standard InChI is InChI=1S/C16H19N3O3S2/c1-3-12(11-8-6-5-7-9-11)14(21)17-15-18-19-16(24-15)23-10-13(20)22-4-2/h5-9,12H,3-4,10H2,1-2H3,(H,17,18,21)/t12-/m0/s1. The first kappa shape index (κ1) is 18.4. The van der Waals surface area contributed by atoms with Gasteiger partial charge < -0.3 is 4.74 Å². The number of amides is 1. The molecule has 0 radical (unpaired) electrons. The summed E-state index contributed by atoms with van der Waals surface area (Å²) in [5, 5.41) is 11.2. The summed E-state index contributed by atoms with van der Waals surface area (Å²) >= 11 is 2.49. The molecule has 2 aromatic rings. The molecule has 1 N–H and O–H groups in total. The van der Waals surface area contributed by atoms with Crippen LogP contribution in [0.15, 0.2) is 34.7 Å². The predicted molar refractivity (Wildman–Crippen MR) is 95.4 cm³/mol. The van der Waals surface area contributed by atoms with E-state index in [4.69, 9.17) is 4.74 Å². The summed E-state index contributed by atoms with van der Waals surface area (Å²) in [4.78, 5) is 23.8. The van der Waals surface area contributed by atoms with Gasteiger partial charge in [0.25, 0.3) is 0 Å². The number of nitrogens with zero attached hydrogens (tertiary/aromatic N) is 2. The average molecular weight is 365 g/mol. The molecule has 1 atom stereocenters. The topological polar surface area (TPSA) is 81.2 Å². The van der Waals surface area contributed by atoms with Gasteiger partial charge in [0, 0.05) is 0 Å². The van der Waals surface area contributed by atoms with Crippen molar-refractivity contribution in [3.63, 3.8) is 0 Å². The minimum atomic E-state index is -0.293. The summed E-state index contributed by atoms with van der Waals surface area (Å²) in [5.41, 5.74) is 0.971. The number of esters is 1. The highest BCUT2D eigenvalue weighted by molar-refractivity contribution is 8.01. The van der Waals surface area contributed by atoms with Gasteiger partial charge in [0.1, 0.15) is 0 Å². The lowest BCUT2D eigenvalue weighted by Gasteiger charge is -2.13. The van der Waals surface area contributed by atoms with Crippen molar-refractivity contribution in [3.8, 4) is 0 Å². The van der Waals surface area contributed by atoms with Gasteiger partial charge in [0.2, 0.25) is 11.0 Å². The van der Waals surface area contributed by atoms with E-state index in [1.165, 1.54) is 23.1 Å². The zero-order valence-corrected chi connectivity index (χ0v) is 15.2. The zero-order chi connectivity index (χ0) is 17.4. The molecule has 128 valence electrons.